The fourth-order valence-corrected chi connectivity index (χ4v) is 2.20. The summed E-state index contributed by atoms with van der Waals surface area (Å²) in [7, 11) is 2.20. The van der Waals surface area contributed by atoms with Gasteiger partial charge in [0, 0.05) is 45.1 Å². The molecule has 0 aromatic rings. The van der Waals surface area contributed by atoms with E-state index in [9.17, 15) is 0 Å². The van der Waals surface area contributed by atoms with Gasteiger partial charge >= 0.3 is 0 Å². The van der Waals surface area contributed by atoms with E-state index in [1.807, 2.05) is 6.20 Å². The van der Waals surface area contributed by atoms with Crippen LogP contribution in [0.25, 0.3) is 0 Å². The Kier molecular flexibility index (Phi) is 4.04. The second-order valence-corrected chi connectivity index (χ2v) is 4.76. The fourth-order valence-electron chi connectivity index (χ4n) is 2.20. The van der Waals surface area contributed by atoms with E-state index in [1.54, 1.807) is 5.01 Å². The molecule has 2 N–H and O–H groups in total. The van der Waals surface area contributed by atoms with E-state index >= 15 is 0 Å². The molecule has 0 atom stereocenters. The molecule has 0 aromatic heterocycles. The van der Waals surface area contributed by atoms with Crippen molar-refractivity contribution >= 4 is 0 Å². The first-order chi connectivity index (χ1) is 7.74. The minimum absolute atomic E-state index is 0.836. The minimum Gasteiger partial charge on any atom is -0.357 e. The maximum absolute atomic E-state index is 5.64. The Hall–Kier alpha value is -0.780. The van der Waals surface area contributed by atoms with Crippen molar-refractivity contribution in [3.8, 4) is 0 Å². The monoisotopic (exact) mass is 225 g/mol. The Labute approximate surface area is 98.0 Å². The summed E-state index contributed by atoms with van der Waals surface area (Å²) in [6.45, 7) is 8.01. The molecule has 1 saturated heterocycles. The van der Waals surface area contributed by atoms with Gasteiger partial charge in [0.05, 0.1) is 0 Å². The molecule has 5 heteroatoms. The maximum atomic E-state index is 5.64. The Balaban J connectivity index is 1.56. The molecule has 2 rings (SSSR count). The van der Waals surface area contributed by atoms with E-state index < -0.39 is 0 Å². The summed E-state index contributed by atoms with van der Waals surface area (Å²) in [5.74, 6) is 5.64. The Bertz CT molecular complexity index is 235. The van der Waals surface area contributed by atoms with Crippen molar-refractivity contribution in [2.75, 3.05) is 53.0 Å². The molecule has 0 aliphatic carbocycles. The zero-order chi connectivity index (χ0) is 11.4. The lowest BCUT2D eigenvalue weighted by Crippen LogP contribution is -2.45. The Morgan fingerprint density at radius 3 is 2.44 bits per heavy atom. The highest BCUT2D eigenvalue weighted by molar-refractivity contribution is 4.87. The average molecular weight is 225 g/mol. The van der Waals surface area contributed by atoms with Crippen LogP contribution in [0.3, 0.4) is 0 Å². The van der Waals surface area contributed by atoms with Crippen LogP contribution in [0, 0.1) is 0 Å². The molecule has 0 bridgehead atoms. The lowest BCUT2D eigenvalue weighted by molar-refractivity contribution is 0.147. The van der Waals surface area contributed by atoms with Crippen molar-refractivity contribution in [3.05, 3.63) is 12.4 Å². The number of hydrogen-bond donors (Lipinski definition) is 1. The van der Waals surface area contributed by atoms with Crippen LogP contribution in [0.1, 0.15) is 6.42 Å². The molecule has 2 heterocycles. The van der Waals surface area contributed by atoms with Crippen LogP contribution in [-0.4, -0.2) is 72.7 Å². The summed E-state index contributed by atoms with van der Waals surface area (Å²) in [6, 6.07) is 0. The van der Waals surface area contributed by atoms with Gasteiger partial charge in [-0.15, -0.1) is 0 Å². The van der Waals surface area contributed by atoms with Gasteiger partial charge in [-0.3, -0.25) is 5.01 Å². The molecule has 0 saturated carbocycles. The third-order valence-electron chi connectivity index (χ3n) is 3.33. The third-order valence-corrected chi connectivity index (χ3v) is 3.33. The van der Waals surface area contributed by atoms with E-state index in [2.05, 4.69) is 27.9 Å². The average Bonchev–Trinajstić information content (AvgIpc) is 2.67. The van der Waals surface area contributed by atoms with Gasteiger partial charge < -0.3 is 14.7 Å². The molecule has 0 unspecified atom stereocenters. The maximum Gasteiger partial charge on any atom is 0.104 e. The first-order valence-electron chi connectivity index (χ1n) is 6.08. The predicted molar refractivity (Wildman–Crippen MR) is 65.3 cm³/mol. The molecule has 5 nitrogen and oxygen atoms in total. The second kappa shape index (κ2) is 5.52. The number of rotatable bonds is 4. The number of likely N-dealkylation sites (N-methyl/N-ethyl adjacent to an activating group) is 1. The normalized spacial score (nSPS) is 23.4. The molecule has 0 aromatic carbocycles. The zero-order valence-corrected chi connectivity index (χ0v) is 10.2. The molecule has 2 aliphatic heterocycles. The van der Waals surface area contributed by atoms with Gasteiger partial charge in [0.1, 0.15) is 6.67 Å². The number of nitrogens with zero attached hydrogens (tertiary/aromatic N) is 4. The second-order valence-electron chi connectivity index (χ2n) is 4.76. The Morgan fingerprint density at radius 2 is 1.81 bits per heavy atom. The van der Waals surface area contributed by atoms with E-state index in [1.165, 1.54) is 39.1 Å². The molecule has 0 spiro atoms. The van der Waals surface area contributed by atoms with E-state index in [0.717, 1.165) is 13.2 Å². The topological polar surface area (TPSA) is 39.0 Å². The molecule has 1 fully saturated rings. The summed E-state index contributed by atoms with van der Waals surface area (Å²) >= 11 is 0. The largest absolute Gasteiger partial charge is 0.357 e. The SMILES string of the molecule is CN1CCN(CCCN2C=CN(N)C2)CC1. The Morgan fingerprint density at radius 1 is 1.06 bits per heavy atom. The lowest BCUT2D eigenvalue weighted by Gasteiger charge is -2.32. The van der Waals surface area contributed by atoms with Crippen molar-refractivity contribution in [1.29, 1.82) is 0 Å². The van der Waals surface area contributed by atoms with Gasteiger partial charge in [0.25, 0.3) is 0 Å². The van der Waals surface area contributed by atoms with Crippen molar-refractivity contribution in [2.45, 2.75) is 6.42 Å². The highest BCUT2D eigenvalue weighted by atomic mass is 15.5. The third kappa shape index (κ3) is 3.37. The van der Waals surface area contributed by atoms with E-state index in [-0.39, 0.29) is 0 Å². The van der Waals surface area contributed by atoms with Crippen LogP contribution in [-0.2, 0) is 0 Å². The number of hydrogen-bond acceptors (Lipinski definition) is 5. The fraction of sp³-hybridized carbons (Fsp3) is 0.818. The zero-order valence-electron chi connectivity index (χ0n) is 10.2. The molecule has 0 amide bonds. The van der Waals surface area contributed by atoms with Gasteiger partial charge in [0.2, 0.25) is 0 Å². The summed E-state index contributed by atoms with van der Waals surface area (Å²) in [5.41, 5.74) is 0. The molecular formula is C11H23N5. The lowest BCUT2D eigenvalue weighted by atomic mass is 10.3. The molecular weight excluding hydrogens is 202 g/mol. The highest BCUT2D eigenvalue weighted by Gasteiger charge is 2.14. The van der Waals surface area contributed by atoms with Crippen LogP contribution in [0.15, 0.2) is 12.4 Å². The van der Waals surface area contributed by atoms with E-state index in [0.29, 0.717) is 0 Å². The van der Waals surface area contributed by atoms with Crippen LogP contribution in [0.4, 0.5) is 0 Å². The van der Waals surface area contributed by atoms with Crippen molar-refractivity contribution < 1.29 is 0 Å². The summed E-state index contributed by atoms with van der Waals surface area (Å²) in [5, 5.41) is 1.72. The molecule has 16 heavy (non-hydrogen) atoms. The first-order valence-corrected chi connectivity index (χ1v) is 6.08. The van der Waals surface area contributed by atoms with Gasteiger partial charge in [0.15, 0.2) is 0 Å². The molecule has 2 aliphatic rings. The number of nitrogens with two attached hydrogens (primary N) is 1. The molecule has 0 radical (unpaired) electrons. The van der Waals surface area contributed by atoms with E-state index in [4.69, 9.17) is 5.84 Å². The quantitative estimate of drug-likeness (QED) is 0.656. The van der Waals surface area contributed by atoms with Crippen molar-refractivity contribution in [3.63, 3.8) is 0 Å². The van der Waals surface area contributed by atoms with Crippen molar-refractivity contribution in [1.82, 2.24) is 19.7 Å². The van der Waals surface area contributed by atoms with Crippen LogP contribution < -0.4 is 5.84 Å². The molecule has 92 valence electrons. The smallest absolute Gasteiger partial charge is 0.104 e. The van der Waals surface area contributed by atoms with Crippen molar-refractivity contribution in [2.24, 2.45) is 5.84 Å². The first kappa shape index (κ1) is 11.7. The van der Waals surface area contributed by atoms with Crippen LogP contribution >= 0.6 is 0 Å². The number of hydrazine groups is 1. The standard InChI is InChI=1S/C11H23N5/c1-13-5-7-14(8-6-13)3-2-4-15-9-10-16(12)11-15/h9-10H,2-8,11-12H2,1H3. The summed E-state index contributed by atoms with van der Waals surface area (Å²) in [6.07, 6.45) is 5.22. The van der Waals surface area contributed by atoms with Crippen LogP contribution in [0.2, 0.25) is 0 Å². The van der Waals surface area contributed by atoms with Gasteiger partial charge in [-0.1, -0.05) is 0 Å². The summed E-state index contributed by atoms with van der Waals surface area (Å²) in [4.78, 5) is 7.21. The summed E-state index contributed by atoms with van der Waals surface area (Å²) < 4.78 is 0. The van der Waals surface area contributed by atoms with Gasteiger partial charge in [-0.05, 0) is 20.0 Å². The highest BCUT2D eigenvalue weighted by Crippen LogP contribution is 2.04. The predicted octanol–water partition coefficient (Wildman–Crippen LogP) is -0.456. The van der Waals surface area contributed by atoms with Crippen LogP contribution in [0.5, 0.6) is 0 Å². The van der Waals surface area contributed by atoms with Gasteiger partial charge in [-0.25, -0.2) is 5.84 Å². The minimum atomic E-state index is 0.836. The number of piperazine rings is 1. The van der Waals surface area contributed by atoms with Gasteiger partial charge in [-0.2, -0.15) is 0 Å².